The van der Waals surface area contributed by atoms with E-state index in [0.29, 0.717) is 13.0 Å². The molecule has 1 aliphatic carbocycles. The number of rotatable bonds is 3. The summed E-state index contributed by atoms with van der Waals surface area (Å²) < 4.78 is 0. The summed E-state index contributed by atoms with van der Waals surface area (Å²) in [6.45, 7) is 6.74. The highest BCUT2D eigenvalue weighted by atomic mass is 16.2. The van der Waals surface area contributed by atoms with Crippen LogP contribution in [0.3, 0.4) is 0 Å². The van der Waals surface area contributed by atoms with Gasteiger partial charge in [0.2, 0.25) is 11.8 Å². The fourth-order valence-electron chi connectivity index (χ4n) is 3.89. The normalized spacial score (nSPS) is 23.7. The van der Waals surface area contributed by atoms with Crippen LogP contribution in [0.5, 0.6) is 0 Å². The molecule has 0 spiro atoms. The van der Waals surface area contributed by atoms with Crippen molar-refractivity contribution >= 4 is 11.8 Å². The molecule has 2 amide bonds. The molecule has 3 rings (SSSR count). The second-order valence-electron chi connectivity index (χ2n) is 7.78. The van der Waals surface area contributed by atoms with E-state index in [1.807, 2.05) is 35.2 Å². The van der Waals surface area contributed by atoms with Gasteiger partial charge < -0.3 is 15.1 Å². The summed E-state index contributed by atoms with van der Waals surface area (Å²) in [4.78, 5) is 30.1. The van der Waals surface area contributed by atoms with Crippen LogP contribution < -0.4 is 5.32 Å². The first-order valence-corrected chi connectivity index (χ1v) is 10.5. The highest BCUT2D eigenvalue weighted by molar-refractivity contribution is 5.83. The fourth-order valence-corrected chi connectivity index (χ4v) is 3.89. The highest BCUT2D eigenvalue weighted by Crippen LogP contribution is 2.35. The Balaban J connectivity index is 1.81. The first-order chi connectivity index (χ1) is 13.2. The van der Waals surface area contributed by atoms with Crippen LogP contribution in [0.4, 0.5) is 0 Å². The van der Waals surface area contributed by atoms with Crippen molar-refractivity contribution < 1.29 is 9.59 Å². The predicted octanol–water partition coefficient (Wildman–Crippen LogP) is 2.98. The van der Waals surface area contributed by atoms with Crippen molar-refractivity contribution in [3.05, 3.63) is 35.9 Å². The summed E-state index contributed by atoms with van der Waals surface area (Å²) in [5.41, 5.74) is 1.06. The van der Waals surface area contributed by atoms with E-state index in [2.05, 4.69) is 17.1 Å². The molecule has 1 aliphatic heterocycles. The average Bonchev–Trinajstić information content (AvgIpc) is 3.53. The molecule has 0 aromatic heterocycles. The van der Waals surface area contributed by atoms with Gasteiger partial charge in [-0.15, -0.1) is 0 Å². The minimum absolute atomic E-state index is 0.0414. The summed E-state index contributed by atoms with van der Waals surface area (Å²) in [7, 11) is 0. The first kappa shape index (κ1) is 19.9. The molecule has 0 radical (unpaired) electrons. The van der Waals surface area contributed by atoms with Crippen molar-refractivity contribution in [2.24, 2.45) is 5.92 Å². The monoisotopic (exact) mass is 371 g/mol. The number of benzene rings is 1. The molecule has 5 heteroatoms. The smallest absolute Gasteiger partial charge is 0.226 e. The van der Waals surface area contributed by atoms with Gasteiger partial charge in [0.25, 0.3) is 0 Å². The zero-order chi connectivity index (χ0) is 19.1. The minimum Gasteiger partial charge on any atom is -0.356 e. The van der Waals surface area contributed by atoms with Crippen LogP contribution in [0.1, 0.15) is 57.1 Å². The van der Waals surface area contributed by atoms with Crippen molar-refractivity contribution in [3.63, 3.8) is 0 Å². The summed E-state index contributed by atoms with van der Waals surface area (Å²) >= 11 is 0. The molecule has 27 heavy (non-hydrogen) atoms. The Kier molecular flexibility index (Phi) is 7.27. The van der Waals surface area contributed by atoms with Gasteiger partial charge in [0.05, 0.1) is 12.5 Å². The second kappa shape index (κ2) is 9.88. The molecule has 0 bridgehead atoms. The molecule has 1 saturated carbocycles. The Morgan fingerprint density at radius 3 is 2.48 bits per heavy atom. The van der Waals surface area contributed by atoms with Crippen LogP contribution in [-0.4, -0.2) is 54.3 Å². The van der Waals surface area contributed by atoms with Gasteiger partial charge in [-0.05, 0) is 57.3 Å². The van der Waals surface area contributed by atoms with Gasteiger partial charge in [-0.2, -0.15) is 0 Å². The first-order valence-electron chi connectivity index (χ1n) is 10.5. The van der Waals surface area contributed by atoms with Gasteiger partial charge >= 0.3 is 0 Å². The van der Waals surface area contributed by atoms with Crippen molar-refractivity contribution in [2.45, 2.75) is 51.5 Å². The zero-order valence-corrected chi connectivity index (χ0v) is 16.5. The highest BCUT2D eigenvalue weighted by Gasteiger charge is 2.37. The van der Waals surface area contributed by atoms with Crippen molar-refractivity contribution in [2.75, 3.05) is 32.7 Å². The Morgan fingerprint density at radius 2 is 1.78 bits per heavy atom. The van der Waals surface area contributed by atoms with E-state index in [4.69, 9.17) is 0 Å². The number of carbonyl (C=O) groups is 2. The van der Waals surface area contributed by atoms with Crippen molar-refractivity contribution in [1.29, 1.82) is 0 Å². The molecule has 2 aliphatic rings. The van der Waals surface area contributed by atoms with E-state index in [0.717, 1.165) is 63.8 Å². The predicted molar refractivity (Wildman–Crippen MR) is 107 cm³/mol. The number of hydrogen-bond donors (Lipinski definition) is 1. The number of nitrogens with one attached hydrogen (secondary N) is 1. The molecule has 2 fully saturated rings. The number of hydrogen-bond acceptors (Lipinski definition) is 3. The fraction of sp³-hybridized carbons (Fsp3) is 0.636. The summed E-state index contributed by atoms with van der Waals surface area (Å²) in [6.07, 6.45) is 5.38. The Hall–Kier alpha value is -1.88. The molecule has 1 saturated heterocycles. The van der Waals surface area contributed by atoms with Gasteiger partial charge in [0.1, 0.15) is 0 Å². The van der Waals surface area contributed by atoms with Gasteiger partial charge in [0, 0.05) is 19.0 Å². The Bertz CT molecular complexity index is 615. The lowest BCUT2D eigenvalue weighted by Crippen LogP contribution is -2.39. The largest absolute Gasteiger partial charge is 0.356 e. The topological polar surface area (TPSA) is 52.7 Å². The Labute approximate surface area is 163 Å². The maximum Gasteiger partial charge on any atom is 0.226 e. The van der Waals surface area contributed by atoms with Crippen LogP contribution in [0.15, 0.2) is 30.3 Å². The van der Waals surface area contributed by atoms with E-state index in [9.17, 15) is 9.59 Å². The van der Waals surface area contributed by atoms with Gasteiger partial charge in [-0.1, -0.05) is 37.3 Å². The third kappa shape index (κ3) is 5.80. The number of nitrogens with zero attached hydrogens (tertiary/aromatic N) is 2. The number of amides is 2. The van der Waals surface area contributed by atoms with Crippen LogP contribution in [0.25, 0.3) is 0 Å². The van der Waals surface area contributed by atoms with Gasteiger partial charge in [-0.25, -0.2) is 0 Å². The second-order valence-corrected chi connectivity index (χ2v) is 7.78. The van der Waals surface area contributed by atoms with Gasteiger partial charge in [-0.3, -0.25) is 9.59 Å². The van der Waals surface area contributed by atoms with E-state index < -0.39 is 0 Å². The van der Waals surface area contributed by atoms with E-state index in [-0.39, 0.29) is 23.8 Å². The zero-order valence-electron chi connectivity index (χ0n) is 16.5. The van der Waals surface area contributed by atoms with Crippen molar-refractivity contribution in [1.82, 2.24) is 15.1 Å². The third-order valence-corrected chi connectivity index (χ3v) is 5.69. The summed E-state index contributed by atoms with van der Waals surface area (Å²) in [5.74, 6) is 0.445. The molecular weight excluding hydrogens is 338 g/mol. The molecule has 1 aromatic carbocycles. The summed E-state index contributed by atoms with van der Waals surface area (Å²) in [6, 6.07) is 9.89. The lowest BCUT2D eigenvalue weighted by molar-refractivity contribution is -0.136. The molecule has 1 atom stereocenters. The van der Waals surface area contributed by atoms with Crippen LogP contribution in [0.2, 0.25) is 0 Å². The quantitative estimate of drug-likeness (QED) is 0.889. The van der Waals surface area contributed by atoms with E-state index in [1.165, 1.54) is 0 Å². The third-order valence-electron chi connectivity index (χ3n) is 5.69. The van der Waals surface area contributed by atoms with Gasteiger partial charge in [0.15, 0.2) is 0 Å². The molecule has 1 heterocycles. The molecule has 1 N–H and O–H groups in total. The molecule has 1 aromatic rings. The standard InChI is InChI=1S/C22H33N3O2/c1-2-24-14-6-7-16-25(22(27)19-11-12-19)20(18-9-4-3-5-10-18)17-21(26)23-13-8-15-24/h3-5,9-10,19-20H,2,6-8,11-17H2,1H3,(H,23,26). The number of carbonyl (C=O) groups excluding carboxylic acids is 2. The van der Waals surface area contributed by atoms with Crippen LogP contribution in [0, 0.1) is 5.92 Å². The Morgan fingerprint density at radius 1 is 1.07 bits per heavy atom. The SMILES string of the molecule is CCN1CCCCN(C(=O)C2CC2)C(c2ccccc2)CC(=O)NCCC1. The molecular formula is C22H33N3O2. The molecule has 1 unspecified atom stereocenters. The maximum absolute atomic E-state index is 13.0. The van der Waals surface area contributed by atoms with Crippen LogP contribution in [-0.2, 0) is 9.59 Å². The maximum atomic E-state index is 13.0. The van der Waals surface area contributed by atoms with Crippen LogP contribution >= 0.6 is 0 Å². The average molecular weight is 372 g/mol. The van der Waals surface area contributed by atoms with E-state index in [1.54, 1.807) is 0 Å². The van der Waals surface area contributed by atoms with Crippen molar-refractivity contribution in [3.8, 4) is 0 Å². The molecule has 5 nitrogen and oxygen atoms in total. The van der Waals surface area contributed by atoms with E-state index >= 15 is 0 Å². The minimum atomic E-state index is -0.165. The molecule has 148 valence electrons. The summed E-state index contributed by atoms with van der Waals surface area (Å²) in [5, 5.41) is 3.07. The lowest BCUT2D eigenvalue weighted by Gasteiger charge is -2.32. The lowest BCUT2D eigenvalue weighted by atomic mass is 10.00.